The van der Waals surface area contributed by atoms with Gasteiger partial charge in [0.05, 0.1) is 11.4 Å². The van der Waals surface area contributed by atoms with E-state index in [0.29, 0.717) is 0 Å². The fourth-order valence-electron chi connectivity index (χ4n) is 2.61. The first-order chi connectivity index (χ1) is 11.6. The van der Waals surface area contributed by atoms with Gasteiger partial charge in [-0.25, -0.2) is 0 Å². The molecule has 0 aliphatic rings. The fourth-order valence-corrected chi connectivity index (χ4v) is 2.61. The minimum absolute atomic E-state index is 0.728. The summed E-state index contributed by atoms with van der Waals surface area (Å²) < 4.78 is 0. The Morgan fingerprint density at radius 2 is 0.958 bits per heavy atom. The summed E-state index contributed by atoms with van der Waals surface area (Å²) in [5.74, 6) is 1.46. The Hall–Kier alpha value is -1.96. The second-order valence-electron chi connectivity index (χ2n) is 6.97. The Balaban J connectivity index is 1.95. The van der Waals surface area contributed by atoms with Crippen molar-refractivity contribution in [3.05, 3.63) is 59.7 Å². The second-order valence-corrected chi connectivity index (χ2v) is 6.97. The van der Waals surface area contributed by atoms with Crippen LogP contribution in [0.5, 0.6) is 0 Å². The molecule has 0 aliphatic heterocycles. The SMILES string of the molecule is CCC(C)Cc1ccc(/N=N/c2ccc(CC(C)CC)cc2)cc1. The molecule has 24 heavy (non-hydrogen) atoms. The third-order valence-electron chi connectivity index (χ3n) is 4.72. The normalized spacial score (nSPS) is 14.0. The van der Waals surface area contributed by atoms with E-state index in [4.69, 9.17) is 0 Å². The van der Waals surface area contributed by atoms with Crippen LogP contribution in [0.4, 0.5) is 11.4 Å². The summed E-state index contributed by atoms with van der Waals surface area (Å²) >= 11 is 0. The highest BCUT2D eigenvalue weighted by molar-refractivity contribution is 5.42. The van der Waals surface area contributed by atoms with Crippen molar-refractivity contribution in [2.75, 3.05) is 0 Å². The van der Waals surface area contributed by atoms with Crippen molar-refractivity contribution in [2.24, 2.45) is 22.1 Å². The van der Waals surface area contributed by atoms with Crippen LogP contribution in [-0.4, -0.2) is 0 Å². The first-order valence-corrected chi connectivity index (χ1v) is 9.20. The smallest absolute Gasteiger partial charge is 0.0857 e. The second kappa shape index (κ2) is 9.36. The fraction of sp³-hybridized carbons (Fsp3) is 0.455. The van der Waals surface area contributed by atoms with Gasteiger partial charge < -0.3 is 0 Å². The third kappa shape index (κ3) is 5.92. The molecule has 2 heteroatoms. The van der Waals surface area contributed by atoms with Gasteiger partial charge in [-0.1, -0.05) is 64.8 Å². The monoisotopic (exact) mass is 322 g/mol. The van der Waals surface area contributed by atoms with Gasteiger partial charge in [-0.3, -0.25) is 0 Å². The molecule has 0 saturated heterocycles. The average molecular weight is 322 g/mol. The molecule has 0 heterocycles. The summed E-state index contributed by atoms with van der Waals surface area (Å²) in [5, 5.41) is 8.70. The highest BCUT2D eigenvalue weighted by atomic mass is 15.1. The van der Waals surface area contributed by atoms with Crippen molar-refractivity contribution in [1.82, 2.24) is 0 Å². The molecule has 0 radical (unpaired) electrons. The van der Waals surface area contributed by atoms with E-state index >= 15 is 0 Å². The largest absolute Gasteiger partial charge is 0.151 e. The molecule has 0 aliphatic carbocycles. The minimum Gasteiger partial charge on any atom is -0.151 e. The van der Waals surface area contributed by atoms with Crippen LogP contribution < -0.4 is 0 Å². The lowest BCUT2D eigenvalue weighted by Gasteiger charge is -2.08. The van der Waals surface area contributed by atoms with Crippen molar-refractivity contribution in [3.63, 3.8) is 0 Å². The van der Waals surface area contributed by atoms with Crippen LogP contribution in [0.25, 0.3) is 0 Å². The van der Waals surface area contributed by atoms with Crippen molar-refractivity contribution in [3.8, 4) is 0 Å². The molecular formula is C22H30N2. The number of rotatable bonds is 8. The van der Waals surface area contributed by atoms with E-state index in [1.165, 1.54) is 24.0 Å². The van der Waals surface area contributed by atoms with Crippen LogP contribution in [0.15, 0.2) is 58.8 Å². The van der Waals surface area contributed by atoms with Gasteiger partial charge in [-0.15, -0.1) is 0 Å². The van der Waals surface area contributed by atoms with Crippen LogP contribution in [0.2, 0.25) is 0 Å². The Morgan fingerprint density at radius 3 is 1.25 bits per heavy atom. The van der Waals surface area contributed by atoms with Crippen LogP contribution in [0, 0.1) is 11.8 Å². The molecule has 0 N–H and O–H groups in total. The number of azo groups is 1. The highest BCUT2D eigenvalue weighted by Gasteiger charge is 2.02. The summed E-state index contributed by atoms with van der Waals surface area (Å²) in [6, 6.07) is 16.9. The zero-order valence-electron chi connectivity index (χ0n) is 15.5. The molecule has 0 fully saturated rings. The van der Waals surface area contributed by atoms with Gasteiger partial charge in [-0.2, -0.15) is 10.2 Å². The van der Waals surface area contributed by atoms with E-state index in [1.54, 1.807) is 0 Å². The maximum absolute atomic E-state index is 4.35. The van der Waals surface area contributed by atoms with E-state index in [9.17, 15) is 0 Å². The maximum Gasteiger partial charge on any atom is 0.0857 e. The predicted octanol–water partition coefficient (Wildman–Crippen LogP) is 7.28. The highest BCUT2D eigenvalue weighted by Crippen LogP contribution is 2.21. The summed E-state index contributed by atoms with van der Waals surface area (Å²) in [6.07, 6.45) is 4.69. The van der Waals surface area contributed by atoms with Gasteiger partial charge in [0.15, 0.2) is 0 Å². The Bertz CT molecular complexity index is 569. The minimum atomic E-state index is 0.728. The van der Waals surface area contributed by atoms with Crippen molar-refractivity contribution >= 4 is 11.4 Å². The maximum atomic E-state index is 4.35. The van der Waals surface area contributed by atoms with Crippen molar-refractivity contribution in [1.29, 1.82) is 0 Å². The standard InChI is InChI=1S/C22H30N2/c1-5-17(3)15-19-7-11-21(12-8-19)23-24-22-13-9-20(10-14-22)16-18(4)6-2/h7-14,17-18H,5-6,15-16H2,1-4H3/b24-23+. The topological polar surface area (TPSA) is 24.7 Å². The van der Waals surface area contributed by atoms with E-state index in [1.807, 2.05) is 0 Å². The lowest BCUT2D eigenvalue weighted by Crippen LogP contribution is -1.96. The van der Waals surface area contributed by atoms with Gasteiger partial charge in [0.25, 0.3) is 0 Å². The molecule has 128 valence electrons. The summed E-state index contributed by atoms with van der Waals surface area (Å²) in [6.45, 7) is 9.06. The Morgan fingerprint density at radius 1 is 0.625 bits per heavy atom. The van der Waals surface area contributed by atoms with E-state index in [2.05, 4.69) is 86.5 Å². The molecule has 0 saturated carbocycles. The third-order valence-corrected chi connectivity index (χ3v) is 4.72. The summed E-state index contributed by atoms with van der Waals surface area (Å²) in [5.41, 5.74) is 4.56. The van der Waals surface area contributed by atoms with E-state index in [0.717, 1.165) is 36.1 Å². The molecule has 2 nitrogen and oxygen atoms in total. The molecule has 2 rings (SSSR count). The lowest BCUT2D eigenvalue weighted by atomic mass is 9.99. The van der Waals surface area contributed by atoms with Gasteiger partial charge in [-0.05, 0) is 60.1 Å². The summed E-state index contributed by atoms with van der Waals surface area (Å²) in [7, 11) is 0. The van der Waals surface area contributed by atoms with Crippen LogP contribution in [0.3, 0.4) is 0 Å². The van der Waals surface area contributed by atoms with Crippen LogP contribution in [-0.2, 0) is 12.8 Å². The van der Waals surface area contributed by atoms with E-state index < -0.39 is 0 Å². The van der Waals surface area contributed by atoms with Gasteiger partial charge in [0.2, 0.25) is 0 Å². The predicted molar refractivity (Wildman–Crippen MR) is 103 cm³/mol. The van der Waals surface area contributed by atoms with Crippen LogP contribution in [0.1, 0.15) is 51.7 Å². The molecule has 2 aromatic rings. The van der Waals surface area contributed by atoms with E-state index in [-0.39, 0.29) is 0 Å². The Kier molecular flexibility index (Phi) is 7.17. The van der Waals surface area contributed by atoms with Gasteiger partial charge in [0.1, 0.15) is 0 Å². The summed E-state index contributed by atoms with van der Waals surface area (Å²) in [4.78, 5) is 0. The van der Waals surface area contributed by atoms with Crippen molar-refractivity contribution < 1.29 is 0 Å². The molecule has 2 aromatic carbocycles. The lowest BCUT2D eigenvalue weighted by molar-refractivity contribution is 0.560. The van der Waals surface area contributed by atoms with Gasteiger partial charge >= 0.3 is 0 Å². The number of nitrogens with zero attached hydrogens (tertiary/aromatic N) is 2. The van der Waals surface area contributed by atoms with Crippen molar-refractivity contribution in [2.45, 2.75) is 53.4 Å². The molecule has 0 amide bonds. The zero-order chi connectivity index (χ0) is 17.4. The number of hydrogen-bond donors (Lipinski definition) is 0. The average Bonchev–Trinajstić information content (AvgIpc) is 2.62. The number of hydrogen-bond acceptors (Lipinski definition) is 2. The molecule has 0 spiro atoms. The molecule has 2 unspecified atom stereocenters. The number of benzene rings is 2. The molecule has 2 atom stereocenters. The first-order valence-electron chi connectivity index (χ1n) is 9.20. The Labute approximate surface area is 147 Å². The zero-order valence-corrected chi connectivity index (χ0v) is 15.5. The quantitative estimate of drug-likeness (QED) is 0.456. The molecular weight excluding hydrogens is 292 g/mol. The van der Waals surface area contributed by atoms with Gasteiger partial charge in [0, 0.05) is 0 Å². The van der Waals surface area contributed by atoms with Crippen LogP contribution >= 0.6 is 0 Å². The molecule has 0 aromatic heterocycles. The first kappa shape index (κ1) is 18.4. The molecule has 0 bridgehead atoms.